The Morgan fingerprint density at radius 3 is 2.75 bits per heavy atom. The lowest BCUT2D eigenvalue weighted by atomic mass is 10.1. The molecular weight excluding hydrogens is 152 g/mol. The Bertz CT molecular complexity index is 141. The Morgan fingerprint density at radius 1 is 1.50 bits per heavy atom. The summed E-state index contributed by atoms with van der Waals surface area (Å²) in [5.74, 6) is 0. The maximum absolute atomic E-state index is 5.27. The van der Waals surface area contributed by atoms with Gasteiger partial charge >= 0.3 is 0 Å². The molecule has 1 fully saturated rings. The molecule has 1 saturated heterocycles. The van der Waals surface area contributed by atoms with Gasteiger partial charge in [0.05, 0.1) is 0 Å². The van der Waals surface area contributed by atoms with E-state index in [0.717, 1.165) is 26.1 Å². The number of nitrogens with one attached hydrogen (secondary N) is 1. The van der Waals surface area contributed by atoms with E-state index in [0.29, 0.717) is 12.1 Å². The van der Waals surface area contributed by atoms with Crippen LogP contribution < -0.4 is 5.32 Å². The van der Waals surface area contributed by atoms with E-state index in [2.05, 4.69) is 17.2 Å². The van der Waals surface area contributed by atoms with E-state index in [1.54, 1.807) is 0 Å². The Labute approximate surface area is 74.2 Å². The van der Waals surface area contributed by atoms with Gasteiger partial charge in [0.25, 0.3) is 0 Å². The third kappa shape index (κ3) is 3.32. The summed E-state index contributed by atoms with van der Waals surface area (Å²) < 4.78 is 5.27. The van der Waals surface area contributed by atoms with Crippen LogP contribution in [0, 0.1) is 0 Å². The lowest BCUT2D eigenvalue weighted by Gasteiger charge is -2.25. The quantitative estimate of drug-likeness (QED) is 0.637. The molecule has 0 amide bonds. The van der Waals surface area contributed by atoms with E-state index in [4.69, 9.17) is 4.74 Å². The van der Waals surface area contributed by atoms with Crippen LogP contribution in [0.1, 0.15) is 19.8 Å². The molecule has 1 unspecified atom stereocenters. The minimum absolute atomic E-state index is 0.387. The highest BCUT2D eigenvalue weighted by Gasteiger charge is 2.14. The highest BCUT2D eigenvalue weighted by molar-refractivity contribution is 5.63. The van der Waals surface area contributed by atoms with Crippen LogP contribution in [0.2, 0.25) is 0 Å². The second kappa shape index (κ2) is 5.27. The molecule has 1 heterocycles. The van der Waals surface area contributed by atoms with E-state index in [9.17, 15) is 0 Å². The van der Waals surface area contributed by atoms with Gasteiger partial charge in [0, 0.05) is 38.6 Å². The van der Waals surface area contributed by atoms with Gasteiger partial charge in [-0.25, -0.2) is 0 Å². The number of hydrogen-bond donors (Lipinski definition) is 1. The molecule has 0 saturated carbocycles. The van der Waals surface area contributed by atoms with E-state index >= 15 is 0 Å². The molecule has 0 bridgehead atoms. The highest BCUT2D eigenvalue weighted by Crippen LogP contribution is 2.06. The normalized spacial score (nSPS) is 23.2. The van der Waals surface area contributed by atoms with Gasteiger partial charge in [0.2, 0.25) is 0 Å². The van der Waals surface area contributed by atoms with Crippen LogP contribution in [-0.4, -0.2) is 38.6 Å². The molecule has 1 rings (SSSR count). The first-order valence-corrected chi connectivity index (χ1v) is 4.59. The number of ether oxygens (including phenoxy) is 1. The van der Waals surface area contributed by atoms with Crippen molar-refractivity contribution in [3.63, 3.8) is 0 Å². The van der Waals surface area contributed by atoms with Crippen LogP contribution >= 0.6 is 0 Å². The van der Waals surface area contributed by atoms with E-state index in [1.807, 2.05) is 13.3 Å². The average molecular weight is 170 g/mol. The first-order valence-electron chi connectivity index (χ1n) is 4.59. The molecule has 1 aliphatic heterocycles. The fourth-order valence-electron chi connectivity index (χ4n) is 1.50. The molecule has 0 aromatic carbocycles. The van der Waals surface area contributed by atoms with Crippen LogP contribution in [0.25, 0.3) is 0 Å². The van der Waals surface area contributed by atoms with Gasteiger partial charge in [-0.2, -0.15) is 0 Å². The summed E-state index contributed by atoms with van der Waals surface area (Å²) in [6.07, 6.45) is 4.19. The fourth-order valence-corrected chi connectivity index (χ4v) is 1.50. The van der Waals surface area contributed by atoms with Gasteiger partial charge < -0.3 is 10.1 Å². The zero-order valence-electron chi connectivity index (χ0n) is 7.92. The van der Waals surface area contributed by atoms with Gasteiger partial charge in [-0.1, -0.05) is 0 Å². The number of hydrogen-bond acceptors (Lipinski definition) is 3. The molecular formula is C9H18N2O. The lowest BCUT2D eigenvalue weighted by Crippen LogP contribution is -2.40. The van der Waals surface area contributed by atoms with Crippen molar-refractivity contribution < 1.29 is 4.74 Å². The third-order valence-corrected chi connectivity index (χ3v) is 2.09. The Morgan fingerprint density at radius 2 is 2.17 bits per heavy atom. The minimum atomic E-state index is 0.387. The van der Waals surface area contributed by atoms with Gasteiger partial charge in [-0.05, 0) is 19.8 Å². The first kappa shape index (κ1) is 9.68. The SMILES string of the molecule is CN=CC(C)NC1CCOCC1. The van der Waals surface area contributed by atoms with Crippen LogP contribution in [0.5, 0.6) is 0 Å². The number of aliphatic imine (C=N–C) groups is 1. The molecule has 3 nitrogen and oxygen atoms in total. The standard InChI is InChI=1S/C9H18N2O/c1-8(7-10-2)11-9-3-5-12-6-4-9/h7-9,11H,3-6H2,1-2H3. The molecule has 0 aromatic heterocycles. The van der Waals surface area contributed by atoms with Crippen LogP contribution in [0.15, 0.2) is 4.99 Å². The molecule has 0 radical (unpaired) electrons. The van der Waals surface area contributed by atoms with E-state index in [-0.39, 0.29) is 0 Å². The zero-order chi connectivity index (χ0) is 8.81. The van der Waals surface area contributed by atoms with Crippen LogP contribution in [-0.2, 0) is 4.74 Å². The predicted molar refractivity (Wildman–Crippen MR) is 50.9 cm³/mol. The number of rotatable bonds is 3. The van der Waals surface area contributed by atoms with Crippen molar-refractivity contribution in [2.24, 2.45) is 4.99 Å². The summed E-state index contributed by atoms with van der Waals surface area (Å²) in [6.45, 7) is 3.92. The van der Waals surface area contributed by atoms with Gasteiger partial charge in [-0.15, -0.1) is 0 Å². The van der Waals surface area contributed by atoms with Gasteiger partial charge in [-0.3, -0.25) is 4.99 Å². The third-order valence-electron chi connectivity index (χ3n) is 2.09. The number of nitrogens with zero attached hydrogens (tertiary/aromatic N) is 1. The molecule has 0 aliphatic carbocycles. The van der Waals surface area contributed by atoms with Gasteiger partial charge in [0.15, 0.2) is 0 Å². The molecule has 3 heteroatoms. The first-order chi connectivity index (χ1) is 5.83. The summed E-state index contributed by atoms with van der Waals surface area (Å²) in [6, 6.07) is 1.00. The van der Waals surface area contributed by atoms with Crippen molar-refractivity contribution in [1.82, 2.24) is 5.32 Å². The van der Waals surface area contributed by atoms with Crippen LogP contribution in [0.3, 0.4) is 0 Å². The molecule has 1 aliphatic rings. The van der Waals surface area contributed by atoms with E-state index in [1.165, 1.54) is 0 Å². The zero-order valence-corrected chi connectivity index (χ0v) is 7.92. The topological polar surface area (TPSA) is 33.6 Å². The highest BCUT2D eigenvalue weighted by atomic mass is 16.5. The van der Waals surface area contributed by atoms with Crippen molar-refractivity contribution in [3.8, 4) is 0 Å². The Hall–Kier alpha value is -0.410. The summed E-state index contributed by atoms with van der Waals surface area (Å²) in [5.41, 5.74) is 0. The fraction of sp³-hybridized carbons (Fsp3) is 0.889. The van der Waals surface area contributed by atoms with Gasteiger partial charge in [0.1, 0.15) is 0 Å². The maximum Gasteiger partial charge on any atom is 0.0480 e. The van der Waals surface area contributed by atoms with Crippen molar-refractivity contribution in [3.05, 3.63) is 0 Å². The molecule has 0 spiro atoms. The Balaban J connectivity index is 2.19. The summed E-state index contributed by atoms with van der Waals surface area (Å²) in [4.78, 5) is 3.98. The van der Waals surface area contributed by atoms with E-state index < -0.39 is 0 Å². The maximum atomic E-state index is 5.27. The lowest BCUT2D eigenvalue weighted by molar-refractivity contribution is 0.0773. The predicted octanol–water partition coefficient (Wildman–Crippen LogP) is 0.844. The Kier molecular flexibility index (Phi) is 4.25. The molecule has 0 aromatic rings. The van der Waals surface area contributed by atoms with Crippen molar-refractivity contribution in [1.29, 1.82) is 0 Å². The molecule has 1 atom stereocenters. The van der Waals surface area contributed by atoms with Crippen LogP contribution in [0.4, 0.5) is 0 Å². The summed E-state index contributed by atoms with van der Waals surface area (Å²) in [7, 11) is 1.81. The van der Waals surface area contributed by atoms with Crippen molar-refractivity contribution in [2.75, 3.05) is 20.3 Å². The second-order valence-corrected chi connectivity index (χ2v) is 3.25. The summed E-state index contributed by atoms with van der Waals surface area (Å²) >= 11 is 0. The minimum Gasteiger partial charge on any atom is -0.381 e. The average Bonchev–Trinajstić information content (AvgIpc) is 2.06. The molecule has 1 N–H and O–H groups in total. The van der Waals surface area contributed by atoms with Crippen molar-refractivity contribution in [2.45, 2.75) is 31.8 Å². The smallest absolute Gasteiger partial charge is 0.0480 e. The molecule has 12 heavy (non-hydrogen) atoms. The monoisotopic (exact) mass is 170 g/mol. The second-order valence-electron chi connectivity index (χ2n) is 3.25. The van der Waals surface area contributed by atoms with Crippen molar-refractivity contribution >= 4 is 6.21 Å². The largest absolute Gasteiger partial charge is 0.381 e. The molecule has 70 valence electrons. The summed E-state index contributed by atoms with van der Waals surface area (Å²) in [5, 5.41) is 3.49.